The molecule has 0 unspecified atom stereocenters. The number of hydrogen-bond donors (Lipinski definition) is 2. The van der Waals surface area contributed by atoms with Crippen LogP contribution in [0.25, 0.3) is 0 Å². The number of carbonyl (C=O) groups is 2. The van der Waals surface area contributed by atoms with Crippen LogP contribution >= 0.6 is 23.2 Å². The zero-order valence-electron chi connectivity index (χ0n) is 19.0. The SMILES string of the molecule is CCCCNC(=O)c1ccccc1NC(=O)C1CCN(S(=O)(=O)Cc2ccc(Cl)cc2Cl)CC1. The number of benzene rings is 2. The predicted octanol–water partition coefficient (Wildman–Crippen LogP) is 4.70. The van der Waals surface area contributed by atoms with E-state index in [1.807, 2.05) is 6.92 Å². The van der Waals surface area contributed by atoms with Crippen molar-refractivity contribution in [1.82, 2.24) is 9.62 Å². The molecule has 2 aromatic rings. The standard InChI is InChI=1S/C24H29Cl2N3O4S/c1-2-3-12-27-24(31)20-6-4-5-7-22(20)28-23(30)17-10-13-29(14-11-17)34(32,33)16-18-8-9-19(25)15-21(18)26/h4-9,15,17H,2-3,10-14,16H2,1H3,(H,27,31)(H,28,30). The van der Waals surface area contributed by atoms with Crippen molar-refractivity contribution in [2.75, 3.05) is 25.0 Å². The van der Waals surface area contributed by atoms with Crippen molar-refractivity contribution in [2.45, 2.75) is 38.4 Å². The number of carbonyl (C=O) groups excluding carboxylic acids is 2. The second kappa shape index (κ2) is 12.0. The summed E-state index contributed by atoms with van der Waals surface area (Å²) in [6.45, 7) is 3.10. The summed E-state index contributed by atoms with van der Waals surface area (Å²) >= 11 is 12.0. The van der Waals surface area contributed by atoms with Crippen LogP contribution in [-0.4, -0.2) is 44.2 Å². The van der Waals surface area contributed by atoms with E-state index < -0.39 is 10.0 Å². The number of para-hydroxylation sites is 1. The van der Waals surface area contributed by atoms with Crippen molar-refractivity contribution >= 4 is 50.7 Å². The Kier molecular flexibility index (Phi) is 9.36. The smallest absolute Gasteiger partial charge is 0.253 e. The van der Waals surface area contributed by atoms with Crippen LogP contribution in [0.4, 0.5) is 5.69 Å². The van der Waals surface area contributed by atoms with Gasteiger partial charge in [-0.15, -0.1) is 0 Å². The second-order valence-corrected chi connectivity index (χ2v) is 11.1. The molecule has 0 radical (unpaired) electrons. The molecule has 2 aromatic carbocycles. The molecule has 1 aliphatic heterocycles. The number of sulfonamides is 1. The van der Waals surface area contributed by atoms with Crippen LogP contribution in [0.3, 0.4) is 0 Å². The Morgan fingerprint density at radius 3 is 2.47 bits per heavy atom. The first-order valence-electron chi connectivity index (χ1n) is 11.3. The Bertz CT molecular complexity index is 1130. The van der Waals surface area contributed by atoms with Gasteiger partial charge in [0.05, 0.1) is 17.0 Å². The van der Waals surface area contributed by atoms with Gasteiger partial charge in [0.1, 0.15) is 0 Å². The van der Waals surface area contributed by atoms with Gasteiger partial charge in [-0.3, -0.25) is 9.59 Å². The van der Waals surface area contributed by atoms with Crippen LogP contribution in [0, 0.1) is 5.92 Å². The van der Waals surface area contributed by atoms with Crippen LogP contribution in [0.1, 0.15) is 48.5 Å². The maximum atomic E-state index is 12.9. The van der Waals surface area contributed by atoms with Crippen LogP contribution in [-0.2, 0) is 20.6 Å². The second-order valence-electron chi connectivity index (χ2n) is 8.31. The van der Waals surface area contributed by atoms with E-state index in [4.69, 9.17) is 23.2 Å². The molecule has 1 saturated heterocycles. The Hall–Kier alpha value is -2.13. The zero-order valence-corrected chi connectivity index (χ0v) is 21.3. The number of rotatable bonds is 9. The normalized spacial score (nSPS) is 15.1. The third-order valence-corrected chi connectivity index (χ3v) is 8.23. The number of piperidine rings is 1. The quantitative estimate of drug-likeness (QED) is 0.463. The highest BCUT2D eigenvalue weighted by atomic mass is 35.5. The Morgan fingerprint density at radius 1 is 1.09 bits per heavy atom. The Morgan fingerprint density at radius 2 is 1.79 bits per heavy atom. The molecule has 1 fully saturated rings. The van der Waals surface area contributed by atoms with E-state index in [2.05, 4.69) is 10.6 Å². The lowest BCUT2D eigenvalue weighted by Gasteiger charge is -2.30. The fourth-order valence-corrected chi connectivity index (χ4v) is 5.97. The number of nitrogens with one attached hydrogen (secondary N) is 2. The molecule has 7 nitrogen and oxygen atoms in total. The maximum absolute atomic E-state index is 12.9. The van der Waals surface area contributed by atoms with Crippen molar-refractivity contribution in [2.24, 2.45) is 5.92 Å². The van der Waals surface area contributed by atoms with Crippen LogP contribution in [0.5, 0.6) is 0 Å². The van der Waals surface area contributed by atoms with Gasteiger partial charge in [-0.1, -0.05) is 54.7 Å². The molecule has 2 amide bonds. The number of hydrogen-bond acceptors (Lipinski definition) is 4. The van der Waals surface area contributed by atoms with Gasteiger partial charge in [0, 0.05) is 35.6 Å². The first-order chi connectivity index (χ1) is 16.2. The molecule has 1 heterocycles. The fraction of sp³-hybridized carbons (Fsp3) is 0.417. The average Bonchev–Trinajstić information content (AvgIpc) is 2.81. The highest BCUT2D eigenvalue weighted by Crippen LogP contribution is 2.27. The zero-order chi connectivity index (χ0) is 24.7. The molecule has 3 rings (SSSR count). The first kappa shape index (κ1) is 26.5. The summed E-state index contributed by atoms with van der Waals surface area (Å²) in [5.41, 5.74) is 1.35. The van der Waals surface area contributed by atoms with E-state index >= 15 is 0 Å². The molecule has 0 spiro atoms. The van der Waals surface area contributed by atoms with Crippen molar-refractivity contribution < 1.29 is 18.0 Å². The largest absolute Gasteiger partial charge is 0.352 e. The van der Waals surface area contributed by atoms with Gasteiger partial charge < -0.3 is 10.6 Å². The third kappa shape index (κ3) is 6.95. The van der Waals surface area contributed by atoms with Crippen LogP contribution in [0.2, 0.25) is 10.0 Å². The van der Waals surface area contributed by atoms with E-state index in [1.165, 1.54) is 10.4 Å². The first-order valence-corrected chi connectivity index (χ1v) is 13.7. The minimum Gasteiger partial charge on any atom is -0.352 e. The highest BCUT2D eigenvalue weighted by Gasteiger charge is 2.32. The summed E-state index contributed by atoms with van der Waals surface area (Å²) < 4.78 is 27.2. The summed E-state index contributed by atoms with van der Waals surface area (Å²) in [5, 5.41) is 6.47. The van der Waals surface area contributed by atoms with E-state index in [9.17, 15) is 18.0 Å². The number of nitrogens with zero attached hydrogens (tertiary/aromatic N) is 1. The third-order valence-electron chi connectivity index (χ3n) is 5.82. The predicted molar refractivity (Wildman–Crippen MR) is 136 cm³/mol. The van der Waals surface area contributed by atoms with Crippen molar-refractivity contribution in [1.29, 1.82) is 0 Å². The summed E-state index contributed by atoms with van der Waals surface area (Å²) in [7, 11) is -3.59. The van der Waals surface area contributed by atoms with Crippen molar-refractivity contribution in [3.05, 3.63) is 63.6 Å². The minimum atomic E-state index is -3.59. The summed E-state index contributed by atoms with van der Waals surface area (Å²) in [5.74, 6) is -1.01. The van der Waals surface area contributed by atoms with Gasteiger partial charge in [0.2, 0.25) is 15.9 Å². The van der Waals surface area contributed by atoms with E-state index in [-0.39, 0.29) is 36.6 Å². The van der Waals surface area contributed by atoms with E-state index in [1.54, 1.807) is 36.4 Å². The molecule has 2 N–H and O–H groups in total. The lowest BCUT2D eigenvalue weighted by molar-refractivity contribution is -0.120. The maximum Gasteiger partial charge on any atom is 0.253 e. The summed E-state index contributed by atoms with van der Waals surface area (Å²) in [4.78, 5) is 25.4. The molecule has 0 aromatic heterocycles. The number of amides is 2. The van der Waals surface area contributed by atoms with E-state index in [0.717, 1.165) is 12.8 Å². The van der Waals surface area contributed by atoms with E-state index in [0.29, 0.717) is 46.2 Å². The topological polar surface area (TPSA) is 95.6 Å². The van der Waals surface area contributed by atoms with Crippen molar-refractivity contribution in [3.63, 3.8) is 0 Å². The lowest BCUT2D eigenvalue weighted by Crippen LogP contribution is -2.42. The van der Waals surface area contributed by atoms with Crippen LogP contribution in [0.15, 0.2) is 42.5 Å². The molecule has 1 aliphatic rings. The number of unbranched alkanes of at least 4 members (excludes halogenated alkanes) is 1. The van der Waals surface area contributed by atoms with Gasteiger partial charge in [-0.25, -0.2) is 12.7 Å². The van der Waals surface area contributed by atoms with Gasteiger partial charge >= 0.3 is 0 Å². The fourth-order valence-electron chi connectivity index (χ4n) is 3.82. The molecule has 184 valence electrons. The van der Waals surface area contributed by atoms with Gasteiger partial charge in [-0.2, -0.15) is 0 Å². The Labute approximate surface area is 210 Å². The molecule has 0 saturated carbocycles. The van der Waals surface area contributed by atoms with Crippen LogP contribution < -0.4 is 10.6 Å². The lowest BCUT2D eigenvalue weighted by atomic mass is 9.97. The number of anilines is 1. The molecule has 0 aliphatic carbocycles. The molecular weight excluding hydrogens is 497 g/mol. The number of halogens is 2. The minimum absolute atomic E-state index is 0.216. The molecule has 0 bridgehead atoms. The molecule has 0 atom stereocenters. The highest BCUT2D eigenvalue weighted by molar-refractivity contribution is 7.88. The molecule has 34 heavy (non-hydrogen) atoms. The molecular formula is C24H29Cl2N3O4S. The van der Waals surface area contributed by atoms with Gasteiger partial charge in [0.15, 0.2) is 0 Å². The average molecular weight is 526 g/mol. The monoisotopic (exact) mass is 525 g/mol. The van der Waals surface area contributed by atoms with Crippen molar-refractivity contribution in [3.8, 4) is 0 Å². The summed E-state index contributed by atoms with van der Waals surface area (Å²) in [6, 6.07) is 11.6. The summed E-state index contributed by atoms with van der Waals surface area (Å²) in [6.07, 6.45) is 2.64. The Balaban J connectivity index is 1.58. The van der Waals surface area contributed by atoms with Gasteiger partial charge in [-0.05, 0) is 49.1 Å². The van der Waals surface area contributed by atoms with Gasteiger partial charge in [0.25, 0.3) is 5.91 Å². The molecule has 10 heteroatoms.